The molecule has 2 aliphatic rings. The van der Waals surface area contributed by atoms with E-state index in [2.05, 4.69) is 20.0 Å². The maximum Gasteiger partial charge on any atom is 0.573 e. The Morgan fingerprint density at radius 2 is 1.94 bits per heavy atom. The van der Waals surface area contributed by atoms with Crippen LogP contribution in [0.4, 0.5) is 23.7 Å². The second-order valence-electron chi connectivity index (χ2n) is 8.46. The first-order valence-corrected chi connectivity index (χ1v) is 10.9. The molecule has 2 aromatic rings. The number of amides is 3. The van der Waals surface area contributed by atoms with Gasteiger partial charge in [-0.05, 0) is 48.9 Å². The van der Waals surface area contributed by atoms with Gasteiger partial charge in [0.15, 0.2) is 0 Å². The Balaban J connectivity index is 1.29. The number of ether oxygens (including phenoxy) is 1. The fraction of sp³-hybridized carbons (Fsp3) is 0.500. The van der Waals surface area contributed by atoms with Crippen LogP contribution >= 0.6 is 0 Å². The number of urea groups is 1. The molecule has 178 valence electrons. The number of nitrogens with one attached hydrogen (secondary N) is 2. The number of halogens is 3. The van der Waals surface area contributed by atoms with E-state index in [4.69, 9.17) is 0 Å². The molecule has 0 radical (unpaired) electrons. The van der Waals surface area contributed by atoms with Gasteiger partial charge in [0.2, 0.25) is 5.91 Å². The Morgan fingerprint density at radius 3 is 2.64 bits per heavy atom. The lowest BCUT2D eigenvalue weighted by molar-refractivity contribution is -0.274. The molecule has 1 aromatic carbocycles. The molecule has 0 unspecified atom stereocenters. The van der Waals surface area contributed by atoms with E-state index in [1.165, 1.54) is 12.1 Å². The summed E-state index contributed by atoms with van der Waals surface area (Å²) in [7, 11) is 0. The molecular formula is C22H26F3N5O3. The van der Waals surface area contributed by atoms with Crippen LogP contribution in [0.2, 0.25) is 0 Å². The lowest BCUT2D eigenvalue weighted by atomic mass is 9.82. The third-order valence-corrected chi connectivity index (χ3v) is 6.28. The van der Waals surface area contributed by atoms with E-state index in [9.17, 15) is 22.8 Å². The zero-order valence-electron chi connectivity index (χ0n) is 18.0. The average Bonchev–Trinajstić information content (AvgIpc) is 3.23. The van der Waals surface area contributed by atoms with Crippen LogP contribution in [0.15, 0.2) is 36.8 Å². The molecule has 1 aromatic heterocycles. The van der Waals surface area contributed by atoms with Crippen molar-refractivity contribution in [3.63, 3.8) is 0 Å². The number of likely N-dealkylation sites (tertiary alicyclic amines) is 2. The normalized spacial score (nSPS) is 21.4. The van der Waals surface area contributed by atoms with E-state index in [1.807, 2.05) is 4.90 Å². The largest absolute Gasteiger partial charge is 0.573 e. The number of hydrogen-bond donors (Lipinski definition) is 2. The standard InChI is InChI=1S/C22H26F3N5O3/c23-22(24,25)33-19-3-1-17(2-4-19)28-21(32)30-9-5-15-11-20(31)29(8-6-16(15)13-30)10-7-18-12-26-14-27-18/h1-4,12,14-16H,5-11,13H2,(H,26,27)(H,28,32)/t15-,16-/m0/s1. The Labute approximate surface area is 189 Å². The van der Waals surface area contributed by atoms with Gasteiger partial charge in [0.1, 0.15) is 5.75 Å². The molecule has 2 saturated heterocycles. The fourth-order valence-electron chi connectivity index (χ4n) is 4.52. The van der Waals surface area contributed by atoms with Gasteiger partial charge in [-0.1, -0.05) is 0 Å². The van der Waals surface area contributed by atoms with Gasteiger partial charge in [-0.15, -0.1) is 13.2 Å². The van der Waals surface area contributed by atoms with Crippen LogP contribution in [0.1, 0.15) is 25.0 Å². The summed E-state index contributed by atoms with van der Waals surface area (Å²) in [5.41, 5.74) is 1.38. The van der Waals surface area contributed by atoms with Crippen LogP contribution in [-0.2, 0) is 11.2 Å². The molecule has 2 N–H and O–H groups in total. The van der Waals surface area contributed by atoms with Crippen molar-refractivity contribution in [3.05, 3.63) is 42.5 Å². The number of alkyl halides is 3. The summed E-state index contributed by atoms with van der Waals surface area (Å²) in [4.78, 5) is 36.1. The molecule has 11 heteroatoms. The Bertz CT molecular complexity index is 949. The van der Waals surface area contributed by atoms with Crippen molar-refractivity contribution >= 4 is 17.6 Å². The number of rotatable bonds is 5. The summed E-state index contributed by atoms with van der Waals surface area (Å²) in [6.07, 6.45) is 1.41. The number of carbonyl (C=O) groups excluding carboxylic acids is 2. The Kier molecular flexibility index (Phi) is 6.75. The van der Waals surface area contributed by atoms with E-state index in [-0.39, 0.29) is 29.5 Å². The highest BCUT2D eigenvalue weighted by molar-refractivity contribution is 5.89. The van der Waals surface area contributed by atoms with Crippen LogP contribution in [0.3, 0.4) is 0 Å². The van der Waals surface area contributed by atoms with Crippen molar-refractivity contribution in [2.24, 2.45) is 11.8 Å². The number of benzene rings is 1. The number of piperidine rings is 1. The van der Waals surface area contributed by atoms with Crippen LogP contribution in [0, 0.1) is 11.8 Å². The number of imidazole rings is 1. The van der Waals surface area contributed by atoms with E-state index in [0.717, 1.165) is 37.1 Å². The Hall–Kier alpha value is -3.24. The van der Waals surface area contributed by atoms with Gasteiger partial charge in [0, 0.05) is 56.6 Å². The Morgan fingerprint density at radius 1 is 1.18 bits per heavy atom. The molecule has 0 spiro atoms. The summed E-state index contributed by atoms with van der Waals surface area (Å²) >= 11 is 0. The molecular weight excluding hydrogens is 439 g/mol. The van der Waals surface area contributed by atoms with Gasteiger partial charge in [-0.2, -0.15) is 0 Å². The first-order valence-electron chi connectivity index (χ1n) is 10.9. The summed E-state index contributed by atoms with van der Waals surface area (Å²) in [6, 6.07) is 4.75. The number of aromatic amines is 1. The van der Waals surface area contributed by atoms with Gasteiger partial charge in [-0.25, -0.2) is 9.78 Å². The number of anilines is 1. The molecule has 4 rings (SSSR count). The summed E-state index contributed by atoms with van der Waals surface area (Å²) in [6.45, 7) is 2.38. The van der Waals surface area contributed by atoms with E-state index in [0.29, 0.717) is 38.3 Å². The number of nitrogens with zero attached hydrogens (tertiary/aromatic N) is 3. The van der Waals surface area contributed by atoms with Crippen molar-refractivity contribution in [2.75, 3.05) is 31.5 Å². The van der Waals surface area contributed by atoms with Crippen LogP contribution < -0.4 is 10.1 Å². The minimum Gasteiger partial charge on any atom is -0.406 e. The minimum absolute atomic E-state index is 0.154. The lowest BCUT2D eigenvalue weighted by Crippen LogP contribution is -2.45. The molecule has 0 bridgehead atoms. The van der Waals surface area contributed by atoms with Crippen molar-refractivity contribution in [1.82, 2.24) is 19.8 Å². The quantitative estimate of drug-likeness (QED) is 0.706. The molecule has 3 amide bonds. The van der Waals surface area contributed by atoms with E-state index < -0.39 is 6.36 Å². The van der Waals surface area contributed by atoms with Crippen molar-refractivity contribution in [2.45, 2.75) is 32.0 Å². The monoisotopic (exact) mass is 465 g/mol. The van der Waals surface area contributed by atoms with Gasteiger partial charge < -0.3 is 24.8 Å². The van der Waals surface area contributed by atoms with Crippen LogP contribution in [-0.4, -0.2) is 64.2 Å². The maximum absolute atomic E-state index is 12.7. The second-order valence-corrected chi connectivity index (χ2v) is 8.46. The first kappa shape index (κ1) is 22.9. The summed E-state index contributed by atoms with van der Waals surface area (Å²) in [5, 5.41) is 2.73. The van der Waals surface area contributed by atoms with Crippen molar-refractivity contribution in [1.29, 1.82) is 0 Å². The molecule has 2 atom stereocenters. The number of hydrogen-bond acceptors (Lipinski definition) is 4. The zero-order chi connectivity index (χ0) is 23.4. The smallest absolute Gasteiger partial charge is 0.406 e. The van der Waals surface area contributed by atoms with Gasteiger partial charge in [0.05, 0.1) is 6.33 Å². The molecule has 0 saturated carbocycles. The second kappa shape index (κ2) is 9.72. The first-order chi connectivity index (χ1) is 15.8. The summed E-state index contributed by atoms with van der Waals surface area (Å²) in [5.74, 6) is 0.285. The van der Waals surface area contributed by atoms with Gasteiger partial charge in [-0.3, -0.25) is 4.79 Å². The maximum atomic E-state index is 12.7. The number of fused-ring (bicyclic) bond motifs is 1. The third kappa shape index (κ3) is 6.17. The average molecular weight is 465 g/mol. The molecule has 0 aliphatic carbocycles. The van der Waals surface area contributed by atoms with Gasteiger partial charge >= 0.3 is 12.4 Å². The van der Waals surface area contributed by atoms with Crippen molar-refractivity contribution in [3.8, 4) is 5.75 Å². The molecule has 2 aliphatic heterocycles. The van der Waals surface area contributed by atoms with Gasteiger partial charge in [0.25, 0.3) is 0 Å². The molecule has 33 heavy (non-hydrogen) atoms. The lowest BCUT2D eigenvalue weighted by Gasteiger charge is -2.37. The predicted molar refractivity (Wildman–Crippen MR) is 113 cm³/mol. The third-order valence-electron chi connectivity index (χ3n) is 6.28. The minimum atomic E-state index is -4.76. The molecule has 8 nitrogen and oxygen atoms in total. The number of H-pyrrole nitrogens is 1. The topological polar surface area (TPSA) is 90.6 Å². The van der Waals surface area contributed by atoms with Crippen LogP contribution in [0.5, 0.6) is 5.75 Å². The molecule has 3 heterocycles. The SMILES string of the molecule is O=C1C[C@@H]2CCN(C(=O)Nc3ccc(OC(F)(F)F)cc3)C[C@@H]2CCN1CCc1cnc[nH]1. The highest BCUT2D eigenvalue weighted by Crippen LogP contribution is 2.33. The number of aromatic nitrogens is 2. The highest BCUT2D eigenvalue weighted by Gasteiger charge is 2.36. The summed E-state index contributed by atoms with van der Waals surface area (Å²) < 4.78 is 40.7. The fourth-order valence-corrected chi connectivity index (χ4v) is 4.52. The van der Waals surface area contributed by atoms with E-state index >= 15 is 0 Å². The predicted octanol–water partition coefficient (Wildman–Crippen LogP) is 3.64. The zero-order valence-corrected chi connectivity index (χ0v) is 18.0. The van der Waals surface area contributed by atoms with E-state index in [1.54, 1.807) is 17.4 Å². The number of carbonyl (C=O) groups is 2. The van der Waals surface area contributed by atoms with Crippen LogP contribution in [0.25, 0.3) is 0 Å². The van der Waals surface area contributed by atoms with Crippen molar-refractivity contribution < 1.29 is 27.5 Å². The highest BCUT2D eigenvalue weighted by atomic mass is 19.4. The molecule has 2 fully saturated rings.